The van der Waals surface area contributed by atoms with Crippen LogP contribution in [0.3, 0.4) is 0 Å². The minimum atomic E-state index is -0.770. The van der Waals surface area contributed by atoms with Gasteiger partial charge in [0.05, 0.1) is 0 Å². The van der Waals surface area contributed by atoms with E-state index in [1.54, 1.807) is 25.4 Å². The van der Waals surface area contributed by atoms with Gasteiger partial charge in [-0.2, -0.15) is 0 Å². The van der Waals surface area contributed by atoms with Gasteiger partial charge in [-0.3, -0.25) is 14.6 Å². The number of benzene rings is 2. The topological polar surface area (TPSA) is 95.5 Å². The van der Waals surface area contributed by atoms with E-state index >= 15 is 0 Å². The van der Waals surface area contributed by atoms with Crippen LogP contribution in [0.4, 0.5) is 10.2 Å². The van der Waals surface area contributed by atoms with Gasteiger partial charge in [-0.15, -0.1) is 0 Å². The molecule has 0 aliphatic heterocycles. The second kappa shape index (κ2) is 13.5. The predicted molar refractivity (Wildman–Crippen MR) is 156 cm³/mol. The molecule has 3 N–H and O–H groups in total. The van der Waals surface area contributed by atoms with Gasteiger partial charge in [0, 0.05) is 36.2 Å². The summed E-state index contributed by atoms with van der Waals surface area (Å²) in [5, 5.41) is 8.97. The van der Waals surface area contributed by atoms with E-state index in [9.17, 15) is 14.0 Å². The predicted octanol–water partition coefficient (Wildman–Crippen LogP) is 4.92. The molecule has 38 heavy (non-hydrogen) atoms. The monoisotopic (exact) mass is 523 g/mol. The highest BCUT2D eigenvalue weighted by Crippen LogP contribution is 2.21. The first-order valence-electron chi connectivity index (χ1n) is 12.7. The summed E-state index contributed by atoms with van der Waals surface area (Å²) in [6.07, 6.45) is 3.04. The molecule has 7 nitrogen and oxygen atoms in total. The van der Waals surface area contributed by atoms with Crippen molar-refractivity contribution < 1.29 is 18.3 Å². The second-order valence-corrected chi connectivity index (χ2v) is 10.1. The summed E-state index contributed by atoms with van der Waals surface area (Å²) in [6.45, 7) is 6.59. The third-order valence-electron chi connectivity index (χ3n) is 6.11. The molecule has 1 heterocycles. The molecule has 3 aromatic rings. The van der Waals surface area contributed by atoms with Crippen LogP contribution >= 0.6 is 0 Å². The van der Waals surface area contributed by atoms with E-state index in [2.05, 4.69) is 25.9 Å². The number of aliphatic imine (C=N–C) groups is 1. The Morgan fingerprint density at radius 1 is 0.974 bits per heavy atom. The highest BCUT2D eigenvalue weighted by molar-refractivity contribution is 6.46. The third-order valence-corrected chi connectivity index (χ3v) is 6.11. The van der Waals surface area contributed by atoms with Crippen molar-refractivity contribution in [3.05, 3.63) is 95.4 Å². The van der Waals surface area contributed by atoms with Gasteiger partial charge in [0.15, 0.2) is 0 Å². The van der Waals surface area contributed by atoms with Gasteiger partial charge < -0.3 is 16.0 Å². The first-order valence-corrected chi connectivity index (χ1v) is 12.7. The normalized spacial score (nSPS) is 12.5. The lowest BCUT2D eigenvalue weighted by molar-refractivity contribution is -0.129. The number of aromatic nitrogens is 1. The average molecular weight is 524 g/mol. The van der Waals surface area contributed by atoms with Gasteiger partial charge >= 0.3 is 0 Å². The van der Waals surface area contributed by atoms with Crippen molar-refractivity contribution in [1.29, 1.82) is 0 Å². The summed E-state index contributed by atoms with van der Waals surface area (Å²) in [5.41, 5.74) is 2.39. The fourth-order valence-corrected chi connectivity index (χ4v) is 4.06. The fourth-order valence-electron chi connectivity index (χ4n) is 4.06. The van der Waals surface area contributed by atoms with Crippen LogP contribution in [-0.4, -0.2) is 48.7 Å². The summed E-state index contributed by atoms with van der Waals surface area (Å²) in [5.74, 6) is -0.227. The van der Waals surface area contributed by atoms with Crippen LogP contribution in [0, 0.1) is 11.2 Å². The summed E-state index contributed by atoms with van der Waals surface area (Å²) in [6, 6.07) is 18.8. The van der Waals surface area contributed by atoms with E-state index in [0.29, 0.717) is 31.5 Å². The number of hydrogen-bond donors (Lipinski definition) is 3. The molecule has 0 aliphatic rings. The highest BCUT2D eigenvalue weighted by atomic mass is 19.1. The van der Waals surface area contributed by atoms with Gasteiger partial charge in [0.2, 0.25) is 5.91 Å². The van der Waals surface area contributed by atoms with Crippen molar-refractivity contribution in [3.8, 4) is 0 Å². The maximum Gasteiger partial charge on any atom is 0.270 e. The average Bonchev–Trinajstić information content (AvgIpc) is 2.90. The first-order chi connectivity index (χ1) is 18.2. The lowest BCUT2D eigenvalue weighted by Gasteiger charge is -2.30. The standard InChI is InChI=1S/C30H36FN5O2.3H2/c1-30(2,3)27(29(38)35-20-19-34-25-11-7-8-18-33-25)36-28(37)26(32-4)24-10-6-5-9-22(24)15-12-21-13-16-23(31)17-14-21;;;/h5-11,13-14,16-18,27H,12,15,19-20H2,1-4H3,(H,33,34)(H,35,38)(H,36,37);3*1H. The molecule has 3 rings (SSSR count). The summed E-state index contributed by atoms with van der Waals surface area (Å²) >= 11 is 0. The van der Waals surface area contributed by atoms with Crippen molar-refractivity contribution in [2.75, 3.05) is 25.5 Å². The number of carbonyl (C=O) groups is 2. The van der Waals surface area contributed by atoms with E-state index < -0.39 is 17.4 Å². The van der Waals surface area contributed by atoms with Crippen LogP contribution in [-0.2, 0) is 22.4 Å². The third kappa shape index (κ3) is 8.23. The smallest absolute Gasteiger partial charge is 0.270 e. The van der Waals surface area contributed by atoms with E-state index in [4.69, 9.17) is 0 Å². The zero-order chi connectivity index (χ0) is 27.5. The Kier molecular flexibility index (Phi) is 10.1. The minimum absolute atomic E-state index is 0. The Morgan fingerprint density at radius 3 is 2.34 bits per heavy atom. The van der Waals surface area contributed by atoms with Crippen LogP contribution < -0.4 is 16.0 Å². The summed E-state index contributed by atoms with van der Waals surface area (Å²) < 4.78 is 13.3. The molecule has 206 valence electrons. The molecule has 2 aromatic carbocycles. The number of aryl methyl sites for hydroxylation is 2. The molecule has 0 spiro atoms. The quantitative estimate of drug-likeness (QED) is 0.246. The second-order valence-electron chi connectivity index (χ2n) is 10.1. The number of amides is 2. The number of halogens is 1. The molecule has 0 bridgehead atoms. The largest absolute Gasteiger partial charge is 0.368 e. The van der Waals surface area contributed by atoms with Crippen molar-refractivity contribution in [2.45, 2.75) is 39.7 Å². The van der Waals surface area contributed by atoms with E-state index in [0.717, 1.165) is 16.9 Å². The Morgan fingerprint density at radius 2 is 1.68 bits per heavy atom. The number of rotatable bonds is 11. The van der Waals surface area contributed by atoms with Crippen molar-refractivity contribution in [2.24, 2.45) is 10.4 Å². The molecule has 0 radical (unpaired) electrons. The van der Waals surface area contributed by atoms with Crippen LogP contribution in [0.1, 0.15) is 41.7 Å². The molecule has 1 aromatic heterocycles. The van der Waals surface area contributed by atoms with Crippen LogP contribution in [0.15, 0.2) is 77.9 Å². The Hall–Kier alpha value is -4.07. The number of anilines is 1. The molecule has 8 heteroatoms. The number of hydrogen-bond acceptors (Lipinski definition) is 5. The Balaban J connectivity index is 0.00000533. The van der Waals surface area contributed by atoms with E-state index in [1.807, 2.05) is 63.2 Å². The zero-order valence-corrected chi connectivity index (χ0v) is 22.4. The first kappa shape index (κ1) is 28.5. The molecule has 0 saturated heterocycles. The van der Waals surface area contributed by atoms with Crippen molar-refractivity contribution >= 4 is 23.3 Å². The van der Waals surface area contributed by atoms with Crippen LogP contribution in [0.5, 0.6) is 0 Å². The minimum Gasteiger partial charge on any atom is -0.368 e. The van der Waals surface area contributed by atoms with Gasteiger partial charge in [-0.25, -0.2) is 9.37 Å². The van der Waals surface area contributed by atoms with E-state index in [-0.39, 0.29) is 21.7 Å². The summed E-state index contributed by atoms with van der Waals surface area (Å²) in [7, 11) is 1.57. The summed E-state index contributed by atoms with van der Waals surface area (Å²) in [4.78, 5) is 35.0. The molecular weight excluding hydrogens is 481 g/mol. The van der Waals surface area contributed by atoms with E-state index in [1.165, 1.54) is 12.1 Å². The molecule has 1 atom stereocenters. The number of pyridine rings is 1. The number of nitrogens with zero attached hydrogens (tertiary/aromatic N) is 2. The number of nitrogens with one attached hydrogen (secondary N) is 3. The molecule has 0 saturated carbocycles. The lowest BCUT2D eigenvalue weighted by atomic mass is 9.85. The molecular formula is C30H42FN5O2. The zero-order valence-electron chi connectivity index (χ0n) is 22.4. The van der Waals surface area contributed by atoms with Crippen molar-refractivity contribution in [1.82, 2.24) is 15.6 Å². The highest BCUT2D eigenvalue weighted by Gasteiger charge is 2.34. The van der Waals surface area contributed by atoms with Gasteiger partial charge in [-0.1, -0.05) is 63.2 Å². The van der Waals surface area contributed by atoms with Crippen molar-refractivity contribution in [3.63, 3.8) is 0 Å². The van der Waals surface area contributed by atoms with Gasteiger partial charge in [0.25, 0.3) is 5.91 Å². The van der Waals surface area contributed by atoms with Gasteiger partial charge in [0.1, 0.15) is 23.4 Å². The Bertz CT molecular complexity index is 1250. The maximum absolute atomic E-state index is 13.4. The molecule has 2 amide bonds. The van der Waals surface area contributed by atoms with Crippen LogP contribution in [0.2, 0.25) is 0 Å². The Labute approximate surface area is 228 Å². The molecule has 1 unspecified atom stereocenters. The fraction of sp³-hybridized carbons (Fsp3) is 0.333. The van der Waals surface area contributed by atoms with Crippen LogP contribution in [0.25, 0.3) is 0 Å². The lowest BCUT2D eigenvalue weighted by Crippen LogP contribution is -2.55. The maximum atomic E-state index is 13.4. The van der Waals surface area contributed by atoms with Gasteiger partial charge in [-0.05, 0) is 53.6 Å². The molecule has 0 fully saturated rings. The SMILES string of the molecule is CN=C(C(=O)NC(C(=O)NCCNc1ccccn1)C(C)(C)C)c1ccccc1CCc1ccc(F)cc1.[HH].[HH].[HH]. The molecule has 0 aliphatic carbocycles. The number of carbonyl (C=O) groups excluding carboxylic acids is 2.